The van der Waals surface area contributed by atoms with Gasteiger partial charge in [0.1, 0.15) is 12.3 Å². The molecule has 2 rings (SSSR count). The van der Waals surface area contributed by atoms with Crippen molar-refractivity contribution in [3.05, 3.63) is 29.8 Å². The van der Waals surface area contributed by atoms with E-state index in [1.54, 1.807) is 19.1 Å². The highest BCUT2D eigenvalue weighted by Crippen LogP contribution is 2.19. The molecule has 0 atom stereocenters. The molecule has 0 aliphatic carbocycles. The van der Waals surface area contributed by atoms with E-state index in [9.17, 15) is 14.4 Å². The van der Waals surface area contributed by atoms with E-state index in [-0.39, 0.29) is 12.5 Å². The van der Waals surface area contributed by atoms with Gasteiger partial charge in [-0.15, -0.1) is 0 Å². The number of esters is 1. The van der Waals surface area contributed by atoms with Crippen molar-refractivity contribution in [3.63, 3.8) is 0 Å². The summed E-state index contributed by atoms with van der Waals surface area (Å²) in [6, 6.07) is 7.14. The molecule has 1 amide bonds. The highest BCUT2D eigenvalue weighted by atomic mass is 16.5. The Kier molecular flexibility index (Phi) is 5.52. The molecular formula is C16H20N2O4. The summed E-state index contributed by atoms with van der Waals surface area (Å²) in [5.41, 5.74) is 1.48. The van der Waals surface area contributed by atoms with Gasteiger partial charge in [-0.25, -0.2) is 0 Å². The molecule has 118 valence electrons. The van der Waals surface area contributed by atoms with Crippen LogP contribution in [0.15, 0.2) is 24.3 Å². The number of rotatable bonds is 5. The van der Waals surface area contributed by atoms with Crippen molar-refractivity contribution in [2.45, 2.75) is 19.8 Å². The van der Waals surface area contributed by atoms with E-state index in [2.05, 4.69) is 10.2 Å². The van der Waals surface area contributed by atoms with Crippen molar-refractivity contribution in [1.82, 2.24) is 5.32 Å². The highest BCUT2D eigenvalue weighted by molar-refractivity contribution is 5.96. The molecule has 0 radical (unpaired) electrons. The van der Waals surface area contributed by atoms with Gasteiger partial charge in [0.15, 0.2) is 0 Å². The molecule has 0 spiro atoms. The number of carbonyl (C=O) groups is 3. The lowest BCUT2D eigenvalue weighted by atomic mass is 10.1. The first-order chi connectivity index (χ1) is 10.6. The third kappa shape index (κ3) is 4.31. The third-order valence-corrected chi connectivity index (χ3v) is 3.51. The predicted molar refractivity (Wildman–Crippen MR) is 81.9 cm³/mol. The van der Waals surface area contributed by atoms with Crippen molar-refractivity contribution < 1.29 is 19.1 Å². The van der Waals surface area contributed by atoms with Crippen molar-refractivity contribution in [3.8, 4) is 0 Å². The van der Waals surface area contributed by atoms with Crippen LogP contribution in [0.5, 0.6) is 0 Å². The fourth-order valence-corrected chi connectivity index (χ4v) is 2.30. The van der Waals surface area contributed by atoms with Gasteiger partial charge in [0, 0.05) is 37.2 Å². The maximum absolute atomic E-state index is 11.9. The Hall–Kier alpha value is -2.37. The van der Waals surface area contributed by atoms with Gasteiger partial charge in [-0.05, 0) is 31.2 Å². The lowest BCUT2D eigenvalue weighted by Gasteiger charge is -2.28. The quantitative estimate of drug-likeness (QED) is 0.826. The van der Waals surface area contributed by atoms with E-state index < -0.39 is 5.97 Å². The predicted octanol–water partition coefficient (Wildman–Crippen LogP) is 1.15. The molecule has 0 unspecified atom stereocenters. The van der Waals surface area contributed by atoms with Crippen molar-refractivity contribution in [2.24, 2.45) is 0 Å². The van der Waals surface area contributed by atoms with E-state index in [1.165, 1.54) is 0 Å². The number of piperidine rings is 1. The highest BCUT2D eigenvalue weighted by Gasteiger charge is 2.16. The van der Waals surface area contributed by atoms with Crippen LogP contribution in [0.25, 0.3) is 0 Å². The number of anilines is 1. The molecule has 1 saturated heterocycles. The van der Waals surface area contributed by atoms with Gasteiger partial charge < -0.3 is 15.0 Å². The Morgan fingerprint density at radius 2 is 1.82 bits per heavy atom. The molecule has 6 nitrogen and oxygen atoms in total. The summed E-state index contributed by atoms with van der Waals surface area (Å²) in [6.45, 7) is 3.30. The Morgan fingerprint density at radius 3 is 2.41 bits per heavy atom. The summed E-state index contributed by atoms with van der Waals surface area (Å²) >= 11 is 0. The van der Waals surface area contributed by atoms with Crippen LogP contribution in [-0.4, -0.2) is 43.9 Å². The molecule has 1 aliphatic rings. The summed E-state index contributed by atoms with van der Waals surface area (Å²) < 4.78 is 4.75. The average Bonchev–Trinajstić information content (AvgIpc) is 2.54. The number of amides is 1. The number of carbonyl (C=O) groups excluding carboxylic acids is 3. The minimum atomic E-state index is -0.453. The smallest absolute Gasteiger partial charge is 0.325 e. The zero-order valence-electron chi connectivity index (χ0n) is 12.6. The summed E-state index contributed by atoms with van der Waals surface area (Å²) in [5.74, 6) is -0.468. The van der Waals surface area contributed by atoms with Crippen LogP contribution < -0.4 is 10.2 Å². The van der Waals surface area contributed by atoms with Crippen molar-refractivity contribution >= 4 is 23.3 Å². The number of hydrogen-bond donors (Lipinski definition) is 1. The molecule has 1 aliphatic heterocycles. The van der Waals surface area contributed by atoms with E-state index in [0.29, 0.717) is 43.9 Å². The number of nitrogens with one attached hydrogen (secondary N) is 1. The zero-order chi connectivity index (χ0) is 15.9. The Labute approximate surface area is 129 Å². The molecule has 0 saturated carbocycles. The van der Waals surface area contributed by atoms with Gasteiger partial charge in [0.2, 0.25) is 0 Å². The standard InChI is InChI=1S/C16H20N2O4/c1-2-22-15(20)11-17-16(21)12-3-5-13(6-4-12)18-9-7-14(19)8-10-18/h3-6H,2,7-11H2,1H3,(H,17,21). The van der Waals surface area contributed by atoms with Crippen LogP contribution in [-0.2, 0) is 14.3 Å². The van der Waals surface area contributed by atoms with Crippen LogP contribution in [0, 0.1) is 0 Å². The van der Waals surface area contributed by atoms with Crippen LogP contribution in [0.3, 0.4) is 0 Å². The number of hydrogen-bond acceptors (Lipinski definition) is 5. The number of benzene rings is 1. The van der Waals surface area contributed by atoms with Crippen LogP contribution >= 0.6 is 0 Å². The first-order valence-corrected chi connectivity index (χ1v) is 7.40. The van der Waals surface area contributed by atoms with E-state index in [1.807, 2.05) is 12.1 Å². The monoisotopic (exact) mass is 304 g/mol. The van der Waals surface area contributed by atoms with Crippen LogP contribution in [0.2, 0.25) is 0 Å². The fraction of sp³-hybridized carbons (Fsp3) is 0.438. The lowest BCUT2D eigenvalue weighted by Crippen LogP contribution is -2.33. The van der Waals surface area contributed by atoms with Gasteiger partial charge in [-0.2, -0.15) is 0 Å². The van der Waals surface area contributed by atoms with Gasteiger partial charge in [-0.3, -0.25) is 14.4 Å². The third-order valence-electron chi connectivity index (χ3n) is 3.51. The Balaban J connectivity index is 1.89. The molecule has 0 aromatic heterocycles. The van der Waals surface area contributed by atoms with Gasteiger partial charge >= 0.3 is 5.97 Å². The average molecular weight is 304 g/mol. The fourth-order valence-electron chi connectivity index (χ4n) is 2.30. The Bertz CT molecular complexity index is 544. The van der Waals surface area contributed by atoms with E-state index in [4.69, 9.17) is 4.74 Å². The van der Waals surface area contributed by atoms with Crippen LogP contribution in [0.4, 0.5) is 5.69 Å². The molecule has 1 heterocycles. The molecule has 1 aromatic rings. The van der Waals surface area contributed by atoms with E-state index >= 15 is 0 Å². The summed E-state index contributed by atoms with van der Waals surface area (Å²) in [5, 5.41) is 2.52. The van der Waals surface area contributed by atoms with E-state index in [0.717, 1.165) is 5.69 Å². The minimum Gasteiger partial charge on any atom is -0.465 e. The topological polar surface area (TPSA) is 75.7 Å². The number of Topliss-reactive ketones (excluding diaryl/α,β-unsaturated/α-hetero) is 1. The lowest BCUT2D eigenvalue weighted by molar-refractivity contribution is -0.141. The van der Waals surface area contributed by atoms with Crippen molar-refractivity contribution in [1.29, 1.82) is 0 Å². The molecule has 1 aromatic carbocycles. The van der Waals surface area contributed by atoms with Crippen molar-refractivity contribution in [2.75, 3.05) is 31.1 Å². The largest absolute Gasteiger partial charge is 0.465 e. The normalized spacial score (nSPS) is 14.6. The molecule has 1 fully saturated rings. The molecule has 0 bridgehead atoms. The Morgan fingerprint density at radius 1 is 1.18 bits per heavy atom. The SMILES string of the molecule is CCOC(=O)CNC(=O)c1ccc(N2CCC(=O)CC2)cc1. The number of ether oxygens (including phenoxy) is 1. The van der Waals surface area contributed by atoms with Gasteiger partial charge in [0.05, 0.1) is 6.61 Å². The second kappa shape index (κ2) is 7.59. The molecular weight excluding hydrogens is 284 g/mol. The number of ketones is 1. The van der Waals surface area contributed by atoms with Gasteiger partial charge in [0.25, 0.3) is 5.91 Å². The first-order valence-electron chi connectivity index (χ1n) is 7.40. The molecule has 6 heteroatoms. The van der Waals surface area contributed by atoms with Crippen LogP contribution in [0.1, 0.15) is 30.1 Å². The number of nitrogens with zero attached hydrogens (tertiary/aromatic N) is 1. The summed E-state index contributed by atoms with van der Waals surface area (Å²) in [7, 11) is 0. The maximum Gasteiger partial charge on any atom is 0.325 e. The first kappa shape index (κ1) is 16.0. The maximum atomic E-state index is 11.9. The summed E-state index contributed by atoms with van der Waals surface area (Å²) in [6.07, 6.45) is 1.14. The molecule has 1 N–H and O–H groups in total. The zero-order valence-corrected chi connectivity index (χ0v) is 12.6. The minimum absolute atomic E-state index is 0.136. The second-order valence-corrected chi connectivity index (χ2v) is 5.06. The summed E-state index contributed by atoms with van der Waals surface area (Å²) in [4.78, 5) is 36.5. The molecule has 22 heavy (non-hydrogen) atoms. The van der Waals surface area contributed by atoms with Gasteiger partial charge in [-0.1, -0.05) is 0 Å². The second-order valence-electron chi connectivity index (χ2n) is 5.06.